The van der Waals surface area contributed by atoms with Crippen molar-refractivity contribution in [3.63, 3.8) is 0 Å². The molecule has 2 amide bonds. The van der Waals surface area contributed by atoms with Gasteiger partial charge in [-0.2, -0.15) is 5.10 Å². The Kier molecular flexibility index (Phi) is 5.25. The van der Waals surface area contributed by atoms with Crippen LogP contribution in [-0.2, 0) is 0 Å². The zero-order valence-corrected chi connectivity index (χ0v) is 16.1. The van der Waals surface area contributed by atoms with E-state index in [9.17, 15) is 4.79 Å². The summed E-state index contributed by atoms with van der Waals surface area (Å²) in [6.07, 6.45) is 0. The molecule has 0 saturated heterocycles. The largest absolute Gasteiger partial charge is 0.423 e. The minimum atomic E-state index is -0.390. The number of aromatic nitrogens is 4. The van der Waals surface area contributed by atoms with E-state index in [0.29, 0.717) is 17.5 Å². The molecule has 0 aliphatic carbocycles. The van der Waals surface area contributed by atoms with Crippen molar-refractivity contribution in [1.29, 1.82) is 0 Å². The van der Waals surface area contributed by atoms with Gasteiger partial charge in [0.25, 0.3) is 0 Å². The van der Waals surface area contributed by atoms with E-state index in [1.54, 1.807) is 6.92 Å². The Morgan fingerprint density at radius 1 is 1.07 bits per heavy atom. The topological polar surface area (TPSA) is 97.9 Å². The maximum absolute atomic E-state index is 12.2. The molecule has 0 bridgehead atoms. The highest BCUT2D eigenvalue weighted by Crippen LogP contribution is 2.18. The fourth-order valence-electron chi connectivity index (χ4n) is 2.66. The van der Waals surface area contributed by atoms with Gasteiger partial charge in [-0.25, -0.2) is 9.48 Å². The molecule has 2 N–H and O–H groups in total. The molecule has 0 fully saturated rings. The van der Waals surface area contributed by atoms with Gasteiger partial charge in [-0.1, -0.05) is 13.8 Å². The van der Waals surface area contributed by atoms with Crippen LogP contribution in [0.4, 0.5) is 10.5 Å². The van der Waals surface area contributed by atoms with E-state index in [-0.39, 0.29) is 18.0 Å². The van der Waals surface area contributed by atoms with Gasteiger partial charge < -0.3 is 15.1 Å². The molecular weight excluding hydrogens is 344 g/mol. The summed E-state index contributed by atoms with van der Waals surface area (Å²) in [6.45, 7) is 9.69. The Morgan fingerprint density at radius 3 is 2.30 bits per heavy atom. The molecule has 0 aliphatic heterocycles. The highest BCUT2D eigenvalue weighted by atomic mass is 16.4. The summed E-state index contributed by atoms with van der Waals surface area (Å²) >= 11 is 0. The standard InChI is InChI=1S/C19H24N6O2/c1-11(2)17-22-23-18(27-17)14(5)20-19(26)21-15-6-8-16(9-7-15)25-13(4)10-12(3)24-25/h6-11,14H,1-5H3,(H2,20,21,26)/t14-/m0/s1. The van der Waals surface area contributed by atoms with Gasteiger partial charge >= 0.3 is 6.03 Å². The summed E-state index contributed by atoms with van der Waals surface area (Å²) in [6, 6.07) is 8.77. The first kappa shape index (κ1) is 18.6. The Bertz CT molecular complexity index is 926. The van der Waals surface area contributed by atoms with Crippen molar-refractivity contribution >= 4 is 11.7 Å². The SMILES string of the molecule is Cc1cc(C)n(-c2ccc(NC(=O)N[C@@H](C)c3nnc(C(C)C)o3)cc2)n1. The number of anilines is 1. The normalized spacial score (nSPS) is 12.2. The van der Waals surface area contributed by atoms with Gasteiger partial charge in [-0.05, 0) is 51.1 Å². The van der Waals surface area contributed by atoms with Gasteiger partial charge in [0, 0.05) is 17.3 Å². The van der Waals surface area contributed by atoms with Crippen LogP contribution in [0.25, 0.3) is 5.69 Å². The van der Waals surface area contributed by atoms with Crippen molar-refractivity contribution in [3.8, 4) is 5.69 Å². The molecule has 0 spiro atoms. The molecule has 0 radical (unpaired) electrons. The lowest BCUT2D eigenvalue weighted by atomic mass is 10.2. The number of urea groups is 1. The smallest absolute Gasteiger partial charge is 0.319 e. The zero-order valence-electron chi connectivity index (χ0n) is 16.1. The summed E-state index contributed by atoms with van der Waals surface area (Å²) < 4.78 is 7.43. The molecule has 1 atom stereocenters. The maximum Gasteiger partial charge on any atom is 0.319 e. The second-order valence-corrected chi connectivity index (χ2v) is 6.84. The third-order valence-corrected chi connectivity index (χ3v) is 4.05. The van der Waals surface area contributed by atoms with E-state index in [0.717, 1.165) is 17.1 Å². The van der Waals surface area contributed by atoms with E-state index in [2.05, 4.69) is 25.9 Å². The van der Waals surface area contributed by atoms with Crippen LogP contribution in [0.15, 0.2) is 34.7 Å². The molecule has 3 rings (SSSR count). The van der Waals surface area contributed by atoms with Gasteiger partial charge in [-0.3, -0.25) is 0 Å². The molecule has 8 heteroatoms. The quantitative estimate of drug-likeness (QED) is 0.712. The van der Waals surface area contributed by atoms with E-state index in [1.807, 2.05) is 62.7 Å². The summed E-state index contributed by atoms with van der Waals surface area (Å²) in [4.78, 5) is 12.2. The number of rotatable bonds is 5. The number of carbonyl (C=O) groups is 1. The Labute approximate surface area is 158 Å². The summed E-state index contributed by atoms with van der Waals surface area (Å²) in [5.74, 6) is 1.08. The van der Waals surface area contributed by atoms with Gasteiger partial charge in [0.1, 0.15) is 6.04 Å². The molecule has 2 heterocycles. The molecule has 1 aromatic carbocycles. The number of hydrogen-bond acceptors (Lipinski definition) is 5. The lowest BCUT2D eigenvalue weighted by Gasteiger charge is -2.12. The zero-order chi connectivity index (χ0) is 19.6. The first-order chi connectivity index (χ1) is 12.8. The fraction of sp³-hybridized carbons (Fsp3) is 0.368. The predicted molar refractivity (Wildman–Crippen MR) is 102 cm³/mol. The van der Waals surface area contributed by atoms with Crippen LogP contribution in [0.3, 0.4) is 0 Å². The van der Waals surface area contributed by atoms with E-state index >= 15 is 0 Å². The number of nitrogens with one attached hydrogen (secondary N) is 2. The van der Waals surface area contributed by atoms with Gasteiger partial charge in [0.05, 0.1) is 11.4 Å². The summed E-state index contributed by atoms with van der Waals surface area (Å²) in [5.41, 5.74) is 3.63. The molecule has 0 aliphatic rings. The van der Waals surface area contributed by atoms with E-state index in [1.165, 1.54) is 0 Å². The molecule has 2 aromatic heterocycles. The van der Waals surface area contributed by atoms with Crippen LogP contribution in [0, 0.1) is 13.8 Å². The predicted octanol–water partition coefficient (Wildman–Crippen LogP) is 3.88. The number of aryl methyl sites for hydroxylation is 2. The highest BCUT2D eigenvalue weighted by molar-refractivity contribution is 5.89. The third kappa shape index (κ3) is 4.33. The van der Waals surface area contributed by atoms with Crippen LogP contribution >= 0.6 is 0 Å². The lowest BCUT2D eigenvalue weighted by molar-refractivity contribution is 0.246. The highest BCUT2D eigenvalue weighted by Gasteiger charge is 2.17. The minimum Gasteiger partial charge on any atom is -0.423 e. The second-order valence-electron chi connectivity index (χ2n) is 6.84. The van der Waals surface area contributed by atoms with Crippen LogP contribution in [0.2, 0.25) is 0 Å². The molecule has 0 saturated carbocycles. The van der Waals surface area contributed by atoms with Crippen LogP contribution in [-0.4, -0.2) is 26.0 Å². The van der Waals surface area contributed by atoms with Crippen LogP contribution in [0.5, 0.6) is 0 Å². The van der Waals surface area contributed by atoms with E-state index in [4.69, 9.17) is 4.42 Å². The van der Waals surface area contributed by atoms with Crippen molar-refractivity contribution in [2.45, 2.75) is 46.6 Å². The fourth-order valence-corrected chi connectivity index (χ4v) is 2.66. The van der Waals surface area contributed by atoms with Crippen LogP contribution in [0.1, 0.15) is 55.9 Å². The maximum atomic E-state index is 12.2. The summed E-state index contributed by atoms with van der Waals surface area (Å²) in [7, 11) is 0. The molecule has 27 heavy (non-hydrogen) atoms. The third-order valence-electron chi connectivity index (χ3n) is 4.05. The number of benzene rings is 1. The summed E-state index contributed by atoms with van der Waals surface area (Å²) in [5, 5.41) is 18.0. The average molecular weight is 368 g/mol. The van der Waals surface area contributed by atoms with Crippen molar-refractivity contribution in [1.82, 2.24) is 25.3 Å². The number of hydrogen-bond donors (Lipinski definition) is 2. The van der Waals surface area contributed by atoms with Crippen molar-refractivity contribution in [3.05, 3.63) is 53.5 Å². The molecule has 8 nitrogen and oxygen atoms in total. The Balaban J connectivity index is 1.61. The molecule has 3 aromatic rings. The average Bonchev–Trinajstić information content (AvgIpc) is 3.22. The van der Waals surface area contributed by atoms with Crippen molar-refractivity contribution in [2.75, 3.05) is 5.32 Å². The molecule has 0 unspecified atom stereocenters. The van der Waals surface area contributed by atoms with Gasteiger partial charge in [0.2, 0.25) is 11.8 Å². The first-order valence-corrected chi connectivity index (χ1v) is 8.88. The first-order valence-electron chi connectivity index (χ1n) is 8.88. The Morgan fingerprint density at radius 2 is 1.74 bits per heavy atom. The van der Waals surface area contributed by atoms with Crippen LogP contribution < -0.4 is 10.6 Å². The number of nitrogens with zero attached hydrogens (tertiary/aromatic N) is 4. The van der Waals surface area contributed by atoms with Gasteiger partial charge in [-0.15, -0.1) is 10.2 Å². The molecular formula is C19H24N6O2. The van der Waals surface area contributed by atoms with E-state index < -0.39 is 0 Å². The molecule has 142 valence electrons. The minimum absolute atomic E-state index is 0.146. The van der Waals surface area contributed by atoms with Crippen molar-refractivity contribution in [2.24, 2.45) is 0 Å². The van der Waals surface area contributed by atoms with Crippen molar-refractivity contribution < 1.29 is 9.21 Å². The number of carbonyl (C=O) groups excluding carboxylic acids is 1. The number of amides is 2. The monoisotopic (exact) mass is 368 g/mol. The second kappa shape index (κ2) is 7.61. The van der Waals surface area contributed by atoms with Gasteiger partial charge in [0.15, 0.2) is 0 Å². The lowest BCUT2D eigenvalue weighted by Crippen LogP contribution is -2.31. The Hall–Kier alpha value is -3.16.